The predicted molar refractivity (Wildman–Crippen MR) is 37.4 cm³/mol. The van der Waals surface area contributed by atoms with Crippen LogP contribution in [0.3, 0.4) is 0 Å². The maximum absolute atomic E-state index is 8.57. The van der Waals surface area contributed by atoms with Crippen molar-refractivity contribution in [2.75, 3.05) is 6.61 Å². The highest BCUT2D eigenvalue weighted by atomic mass is 16.3. The predicted octanol–water partition coefficient (Wildman–Crippen LogP) is -0.212. The van der Waals surface area contributed by atoms with Crippen LogP contribution in [-0.2, 0) is 13.1 Å². The molecule has 0 aliphatic rings. The normalized spacial score (nSPS) is 10.2. The first-order valence-corrected chi connectivity index (χ1v) is 3.52. The third kappa shape index (κ3) is 1.57. The number of aliphatic hydroxyl groups is 1. The summed E-state index contributed by atoms with van der Waals surface area (Å²) in [6.45, 7) is 3.97. The molecule has 1 rings (SSSR count). The summed E-state index contributed by atoms with van der Waals surface area (Å²) in [4.78, 5) is 0. The van der Waals surface area contributed by atoms with Crippen LogP contribution in [0, 0.1) is 0 Å². The molecule has 0 unspecified atom stereocenters. The van der Waals surface area contributed by atoms with Crippen molar-refractivity contribution < 1.29 is 9.67 Å². The number of aromatic nitrogens is 2. The molecule has 3 nitrogen and oxygen atoms in total. The molecular formula is C7H13N2O+. The highest BCUT2D eigenvalue weighted by Gasteiger charge is 1.98. The van der Waals surface area contributed by atoms with E-state index in [0.29, 0.717) is 6.54 Å². The summed E-state index contributed by atoms with van der Waals surface area (Å²) >= 11 is 0. The average molecular weight is 141 g/mol. The van der Waals surface area contributed by atoms with E-state index in [0.717, 1.165) is 6.54 Å². The van der Waals surface area contributed by atoms with Crippen LogP contribution < -0.4 is 4.57 Å². The van der Waals surface area contributed by atoms with Crippen molar-refractivity contribution in [3.8, 4) is 0 Å². The van der Waals surface area contributed by atoms with Crippen molar-refractivity contribution in [1.82, 2.24) is 4.57 Å². The molecule has 0 spiro atoms. The third-order valence-corrected chi connectivity index (χ3v) is 1.47. The molecule has 0 bridgehead atoms. The van der Waals surface area contributed by atoms with Gasteiger partial charge in [-0.25, -0.2) is 9.13 Å². The maximum Gasteiger partial charge on any atom is 0.243 e. The Kier molecular flexibility index (Phi) is 2.45. The first kappa shape index (κ1) is 7.28. The fourth-order valence-electron chi connectivity index (χ4n) is 0.874. The zero-order chi connectivity index (χ0) is 7.40. The molecule has 0 amide bonds. The van der Waals surface area contributed by atoms with E-state index in [2.05, 4.69) is 11.5 Å². The zero-order valence-corrected chi connectivity index (χ0v) is 6.20. The molecule has 3 heteroatoms. The zero-order valence-electron chi connectivity index (χ0n) is 6.20. The molecule has 1 heterocycles. The van der Waals surface area contributed by atoms with Crippen molar-refractivity contribution in [2.45, 2.75) is 20.0 Å². The van der Waals surface area contributed by atoms with E-state index in [-0.39, 0.29) is 6.61 Å². The van der Waals surface area contributed by atoms with Gasteiger partial charge in [0.15, 0.2) is 0 Å². The number of aryl methyl sites for hydroxylation is 1. The van der Waals surface area contributed by atoms with Crippen LogP contribution in [0.2, 0.25) is 0 Å². The van der Waals surface area contributed by atoms with Gasteiger partial charge in [0.05, 0.1) is 13.2 Å². The smallest absolute Gasteiger partial charge is 0.243 e. The van der Waals surface area contributed by atoms with Gasteiger partial charge in [-0.2, -0.15) is 0 Å². The van der Waals surface area contributed by atoms with Gasteiger partial charge in [-0.1, -0.05) is 0 Å². The number of imidazole rings is 1. The molecule has 0 aromatic carbocycles. The van der Waals surface area contributed by atoms with Crippen LogP contribution in [-0.4, -0.2) is 16.3 Å². The van der Waals surface area contributed by atoms with Crippen LogP contribution >= 0.6 is 0 Å². The first-order valence-electron chi connectivity index (χ1n) is 3.52. The SMILES string of the molecule is CCn1cc[n+](CCO)c1. The summed E-state index contributed by atoms with van der Waals surface area (Å²) in [6.07, 6.45) is 5.94. The van der Waals surface area contributed by atoms with Crippen molar-refractivity contribution in [3.05, 3.63) is 18.7 Å². The Bertz CT molecular complexity index is 195. The lowest BCUT2D eigenvalue weighted by atomic mass is 10.7. The van der Waals surface area contributed by atoms with E-state index in [1.165, 1.54) is 0 Å². The van der Waals surface area contributed by atoms with Crippen molar-refractivity contribution in [3.63, 3.8) is 0 Å². The minimum Gasteiger partial charge on any atom is -0.392 e. The number of rotatable bonds is 3. The lowest BCUT2D eigenvalue weighted by molar-refractivity contribution is -0.697. The minimum absolute atomic E-state index is 0.207. The van der Waals surface area contributed by atoms with Crippen LogP contribution in [0.5, 0.6) is 0 Å². The van der Waals surface area contributed by atoms with Gasteiger partial charge in [0.25, 0.3) is 0 Å². The summed E-state index contributed by atoms with van der Waals surface area (Å²) in [5.41, 5.74) is 0. The quantitative estimate of drug-likeness (QED) is 0.580. The van der Waals surface area contributed by atoms with Gasteiger partial charge in [-0.3, -0.25) is 0 Å². The Morgan fingerprint density at radius 1 is 1.60 bits per heavy atom. The fraction of sp³-hybridized carbons (Fsp3) is 0.571. The number of hydrogen-bond acceptors (Lipinski definition) is 1. The first-order chi connectivity index (χ1) is 4.86. The fourth-order valence-corrected chi connectivity index (χ4v) is 0.874. The molecule has 0 aliphatic carbocycles. The Morgan fingerprint density at radius 2 is 2.40 bits per heavy atom. The van der Waals surface area contributed by atoms with Crippen molar-refractivity contribution in [2.24, 2.45) is 0 Å². The highest BCUT2D eigenvalue weighted by molar-refractivity contribution is 4.64. The Labute approximate surface area is 60.5 Å². The van der Waals surface area contributed by atoms with Crippen molar-refractivity contribution >= 4 is 0 Å². The number of aliphatic hydroxyl groups excluding tert-OH is 1. The molecule has 10 heavy (non-hydrogen) atoms. The van der Waals surface area contributed by atoms with Crippen LogP contribution in [0.25, 0.3) is 0 Å². The van der Waals surface area contributed by atoms with Crippen LogP contribution in [0.4, 0.5) is 0 Å². The number of nitrogens with zero attached hydrogens (tertiary/aromatic N) is 2. The average Bonchev–Trinajstić information content (AvgIpc) is 2.37. The summed E-state index contributed by atoms with van der Waals surface area (Å²) in [6, 6.07) is 0. The topological polar surface area (TPSA) is 29.0 Å². The van der Waals surface area contributed by atoms with Gasteiger partial charge in [-0.15, -0.1) is 0 Å². The molecular weight excluding hydrogens is 128 g/mol. The minimum atomic E-state index is 0.207. The standard InChI is InChI=1S/C7H13N2O/c1-2-8-3-4-9(7-8)5-6-10/h3-4,7,10H,2,5-6H2,1H3/q+1. The Hall–Kier alpha value is -0.830. The molecule has 0 aliphatic heterocycles. The van der Waals surface area contributed by atoms with Gasteiger partial charge in [-0.05, 0) is 6.92 Å². The molecule has 0 atom stereocenters. The molecule has 1 aromatic rings. The molecule has 0 fully saturated rings. The second-order valence-electron chi connectivity index (χ2n) is 2.21. The van der Waals surface area contributed by atoms with Gasteiger partial charge < -0.3 is 5.11 Å². The van der Waals surface area contributed by atoms with E-state index >= 15 is 0 Å². The van der Waals surface area contributed by atoms with Crippen LogP contribution in [0.1, 0.15) is 6.92 Å². The molecule has 0 saturated carbocycles. The van der Waals surface area contributed by atoms with Gasteiger partial charge >= 0.3 is 0 Å². The molecule has 1 aromatic heterocycles. The molecule has 56 valence electrons. The van der Waals surface area contributed by atoms with Crippen molar-refractivity contribution in [1.29, 1.82) is 0 Å². The number of hydrogen-bond donors (Lipinski definition) is 1. The molecule has 0 radical (unpaired) electrons. The lowest BCUT2D eigenvalue weighted by Gasteiger charge is -1.88. The van der Waals surface area contributed by atoms with Gasteiger partial charge in [0.2, 0.25) is 6.33 Å². The Balaban J connectivity index is 2.59. The monoisotopic (exact) mass is 141 g/mol. The van der Waals surface area contributed by atoms with Gasteiger partial charge in [0, 0.05) is 0 Å². The maximum atomic E-state index is 8.57. The van der Waals surface area contributed by atoms with E-state index in [9.17, 15) is 0 Å². The van der Waals surface area contributed by atoms with E-state index in [1.807, 2.05) is 23.3 Å². The lowest BCUT2D eigenvalue weighted by Crippen LogP contribution is -2.32. The molecule has 1 N–H and O–H groups in total. The van der Waals surface area contributed by atoms with E-state index in [4.69, 9.17) is 5.11 Å². The summed E-state index contributed by atoms with van der Waals surface area (Å²) in [5, 5.41) is 8.57. The van der Waals surface area contributed by atoms with Gasteiger partial charge in [0.1, 0.15) is 18.9 Å². The molecule has 0 saturated heterocycles. The summed E-state index contributed by atoms with van der Waals surface area (Å²) in [5.74, 6) is 0. The Morgan fingerprint density at radius 3 is 2.90 bits per heavy atom. The largest absolute Gasteiger partial charge is 0.392 e. The second-order valence-corrected chi connectivity index (χ2v) is 2.21. The third-order valence-electron chi connectivity index (χ3n) is 1.47. The highest BCUT2D eigenvalue weighted by Crippen LogP contribution is 1.81. The summed E-state index contributed by atoms with van der Waals surface area (Å²) < 4.78 is 4.03. The van der Waals surface area contributed by atoms with E-state index < -0.39 is 0 Å². The summed E-state index contributed by atoms with van der Waals surface area (Å²) in [7, 11) is 0. The second kappa shape index (κ2) is 3.37. The van der Waals surface area contributed by atoms with Crippen LogP contribution in [0.15, 0.2) is 18.7 Å². The van der Waals surface area contributed by atoms with E-state index in [1.54, 1.807) is 0 Å².